The first-order valence-electron chi connectivity index (χ1n) is 7.85. The topological polar surface area (TPSA) is 29.3 Å². The van der Waals surface area contributed by atoms with Crippen LogP contribution >= 0.6 is 0 Å². The molecule has 0 amide bonds. The highest BCUT2D eigenvalue weighted by molar-refractivity contribution is 5.37. The molecular formula is C17H26N2. The maximum atomic E-state index is 5.81. The molecule has 0 saturated carbocycles. The Hall–Kier alpha value is -0.860. The number of hydrogen-bond acceptors (Lipinski definition) is 2. The van der Waals surface area contributed by atoms with Crippen LogP contribution in [-0.4, -0.2) is 24.0 Å². The second-order valence-electron chi connectivity index (χ2n) is 6.22. The highest BCUT2D eigenvalue weighted by Gasteiger charge is 2.33. The molecule has 1 heterocycles. The Labute approximate surface area is 117 Å². The summed E-state index contributed by atoms with van der Waals surface area (Å²) in [6.45, 7) is 4.31. The van der Waals surface area contributed by atoms with Crippen molar-refractivity contribution in [3.8, 4) is 0 Å². The molecule has 1 aliphatic carbocycles. The van der Waals surface area contributed by atoms with Crippen LogP contribution < -0.4 is 5.73 Å². The van der Waals surface area contributed by atoms with Crippen LogP contribution in [0.25, 0.3) is 0 Å². The SMILES string of the molecule is Cc1ccc2c(c1)C(N1CCCCC1CCN)CC2. The summed E-state index contributed by atoms with van der Waals surface area (Å²) >= 11 is 0. The molecule has 0 bridgehead atoms. The zero-order valence-corrected chi connectivity index (χ0v) is 12.1. The summed E-state index contributed by atoms with van der Waals surface area (Å²) < 4.78 is 0. The largest absolute Gasteiger partial charge is 0.330 e. The molecule has 1 fully saturated rings. The second-order valence-corrected chi connectivity index (χ2v) is 6.22. The van der Waals surface area contributed by atoms with E-state index in [1.807, 2.05) is 0 Å². The fraction of sp³-hybridized carbons (Fsp3) is 0.647. The van der Waals surface area contributed by atoms with Gasteiger partial charge in [-0.3, -0.25) is 4.90 Å². The molecule has 3 rings (SSSR count). The van der Waals surface area contributed by atoms with E-state index in [1.54, 1.807) is 11.1 Å². The van der Waals surface area contributed by atoms with Crippen LogP contribution in [0.2, 0.25) is 0 Å². The standard InChI is InChI=1S/C17H26N2/c1-13-5-6-14-7-8-17(16(14)12-13)19-11-3-2-4-15(19)9-10-18/h5-6,12,15,17H,2-4,7-11,18H2,1H3. The Morgan fingerprint density at radius 2 is 2.16 bits per heavy atom. The van der Waals surface area contributed by atoms with Gasteiger partial charge in [-0.15, -0.1) is 0 Å². The number of likely N-dealkylation sites (tertiary alicyclic amines) is 1. The molecule has 1 aromatic carbocycles. The first-order valence-corrected chi connectivity index (χ1v) is 7.85. The molecule has 0 aromatic heterocycles. The third kappa shape index (κ3) is 2.56. The smallest absolute Gasteiger partial charge is 0.0357 e. The van der Waals surface area contributed by atoms with Gasteiger partial charge in [-0.05, 0) is 63.2 Å². The maximum absolute atomic E-state index is 5.81. The predicted octanol–water partition coefficient (Wildman–Crippen LogP) is 3.19. The average Bonchev–Trinajstić information content (AvgIpc) is 2.82. The van der Waals surface area contributed by atoms with Crippen molar-refractivity contribution in [2.24, 2.45) is 5.73 Å². The fourth-order valence-electron chi connectivity index (χ4n) is 3.98. The third-order valence-electron chi connectivity index (χ3n) is 4.92. The average molecular weight is 258 g/mol. The molecule has 2 N–H and O–H groups in total. The van der Waals surface area contributed by atoms with E-state index >= 15 is 0 Å². The zero-order chi connectivity index (χ0) is 13.2. The normalized spacial score (nSPS) is 27.5. The van der Waals surface area contributed by atoms with E-state index in [4.69, 9.17) is 5.73 Å². The van der Waals surface area contributed by atoms with Gasteiger partial charge in [0.15, 0.2) is 0 Å². The van der Waals surface area contributed by atoms with Crippen LogP contribution in [0, 0.1) is 6.92 Å². The van der Waals surface area contributed by atoms with E-state index in [0.717, 1.165) is 19.0 Å². The summed E-state index contributed by atoms with van der Waals surface area (Å²) in [6.07, 6.45) is 7.81. The summed E-state index contributed by atoms with van der Waals surface area (Å²) in [5, 5.41) is 0. The fourth-order valence-corrected chi connectivity index (χ4v) is 3.98. The lowest BCUT2D eigenvalue weighted by Gasteiger charge is -2.40. The van der Waals surface area contributed by atoms with Gasteiger partial charge in [-0.1, -0.05) is 30.2 Å². The zero-order valence-electron chi connectivity index (χ0n) is 12.1. The number of fused-ring (bicyclic) bond motifs is 1. The quantitative estimate of drug-likeness (QED) is 0.902. The number of nitrogens with two attached hydrogens (primary N) is 1. The number of benzene rings is 1. The molecule has 2 atom stereocenters. The Bertz CT molecular complexity index is 439. The lowest BCUT2D eigenvalue weighted by atomic mass is 9.94. The van der Waals surface area contributed by atoms with Crippen LogP contribution in [0.5, 0.6) is 0 Å². The molecule has 2 aliphatic rings. The third-order valence-corrected chi connectivity index (χ3v) is 4.92. The van der Waals surface area contributed by atoms with E-state index in [0.29, 0.717) is 6.04 Å². The Morgan fingerprint density at radius 1 is 1.26 bits per heavy atom. The predicted molar refractivity (Wildman–Crippen MR) is 80.3 cm³/mol. The van der Waals surface area contributed by atoms with Gasteiger partial charge in [0.2, 0.25) is 0 Å². The Balaban J connectivity index is 1.84. The van der Waals surface area contributed by atoms with E-state index in [1.165, 1.54) is 44.2 Å². The molecule has 0 radical (unpaired) electrons. The van der Waals surface area contributed by atoms with Crippen molar-refractivity contribution >= 4 is 0 Å². The lowest BCUT2D eigenvalue weighted by molar-refractivity contribution is 0.0900. The van der Waals surface area contributed by atoms with E-state index in [2.05, 4.69) is 30.0 Å². The van der Waals surface area contributed by atoms with Crippen LogP contribution in [-0.2, 0) is 6.42 Å². The van der Waals surface area contributed by atoms with Gasteiger partial charge in [-0.25, -0.2) is 0 Å². The van der Waals surface area contributed by atoms with Gasteiger partial charge in [-0.2, -0.15) is 0 Å². The van der Waals surface area contributed by atoms with Crippen molar-refractivity contribution in [1.82, 2.24) is 4.90 Å². The summed E-state index contributed by atoms with van der Waals surface area (Å²) in [6, 6.07) is 8.39. The van der Waals surface area contributed by atoms with Crippen LogP contribution in [0.3, 0.4) is 0 Å². The van der Waals surface area contributed by atoms with Gasteiger partial charge in [0.1, 0.15) is 0 Å². The molecule has 1 aromatic rings. The van der Waals surface area contributed by atoms with Gasteiger partial charge < -0.3 is 5.73 Å². The molecular weight excluding hydrogens is 232 g/mol. The number of piperidine rings is 1. The van der Waals surface area contributed by atoms with Gasteiger partial charge in [0.05, 0.1) is 0 Å². The van der Waals surface area contributed by atoms with Crippen molar-refractivity contribution in [3.63, 3.8) is 0 Å². The maximum Gasteiger partial charge on any atom is 0.0357 e. The highest BCUT2D eigenvalue weighted by atomic mass is 15.2. The minimum Gasteiger partial charge on any atom is -0.330 e. The van der Waals surface area contributed by atoms with E-state index < -0.39 is 0 Å². The summed E-state index contributed by atoms with van der Waals surface area (Å²) in [4.78, 5) is 2.77. The van der Waals surface area contributed by atoms with Crippen molar-refractivity contribution < 1.29 is 0 Å². The minimum absolute atomic E-state index is 0.659. The Kier molecular flexibility index (Phi) is 3.90. The first-order chi connectivity index (χ1) is 9.29. The Morgan fingerprint density at radius 3 is 3.00 bits per heavy atom. The van der Waals surface area contributed by atoms with Crippen molar-refractivity contribution in [2.45, 2.75) is 57.5 Å². The highest BCUT2D eigenvalue weighted by Crippen LogP contribution is 2.39. The summed E-state index contributed by atoms with van der Waals surface area (Å²) in [5.41, 5.74) is 10.4. The van der Waals surface area contributed by atoms with Crippen molar-refractivity contribution in [2.75, 3.05) is 13.1 Å². The lowest BCUT2D eigenvalue weighted by Crippen LogP contribution is -2.42. The van der Waals surface area contributed by atoms with Crippen molar-refractivity contribution in [1.29, 1.82) is 0 Å². The summed E-state index contributed by atoms with van der Waals surface area (Å²) in [7, 11) is 0. The van der Waals surface area contributed by atoms with E-state index in [9.17, 15) is 0 Å². The number of nitrogens with zero attached hydrogens (tertiary/aromatic N) is 1. The second kappa shape index (κ2) is 5.64. The van der Waals surface area contributed by atoms with Crippen LogP contribution in [0.4, 0.5) is 0 Å². The molecule has 1 saturated heterocycles. The van der Waals surface area contributed by atoms with Crippen LogP contribution in [0.1, 0.15) is 54.8 Å². The van der Waals surface area contributed by atoms with Gasteiger partial charge in [0.25, 0.3) is 0 Å². The molecule has 1 aliphatic heterocycles. The van der Waals surface area contributed by atoms with Crippen molar-refractivity contribution in [3.05, 3.63) is 34.9 Å². The molecule has 19 heavy (non-hydrogen) atoms. The molecule has 2 nitrogen and oxygen atoms in total. The number of hydrogen-bond donors (Lipinski definition) is 1. The van der Waals surface area contributed by atoms with Gasteiger partial charge in [0, 0.05) is 12.1 Å². The van der Waals surface area contributed by atoms with Crippen LogP contribution in [0.15, 0.2) is 18.2 Å². The monoisotopic (exact) mass is 258 g/mol. The van der Waals surface area contributed by atoms with E-state index in [-0.39, 0.29) is 0 Å². The molecule has 0 spiro atoms. The summed E-state index contributed by atoms with van der Waals surface area (Å²) in [5.74, 6) is 0. The molecule has 2 unspecified atom stereocenters. The molecule has 104 valence electrons. The minimum atomic E-state index is 0.659. The van der Waals surface area contributed by atoms with Gasteiger partial charge >= 0.3 is 0 Å². The first kappa shape index (κ1) is 13.1. The number of aryl methyl sites for hydroxylation is 2. The number of rotatable bonds is 3. The molecule has 2 heteroatoms.